The van der Waals surface area contributed by atoms with E-state index in [4.69, 9.17) is 11.6 Å². The Morgan fingerprint density at radius 3 is 2.71 bits per heavy atom. The molecule has 17 heavy (non-hydrogen) atoms. The summed E-state index contributed by atoms with van der Waals surface area (Å²) in [5.41, 5.74) is 0.678. The highest BCUT2D eigenvalue weighted by atomic mass is 35.5. The summed E-state index contributed by atoms with van der Waals surface area (Å²) in [7, 11) is 0. The molecule has 1 aromatic carbocycles. The molecule has 1 aliphatic rings. The first-order valence-corrected chi connectivity index (χ1v) is 5.89. The predicted octanol–water partition coefficient (Wildman–Crippen LogP) is 1.95. The summed E-state index contributed by atoms with van der Waals surface area (Å²) >= 11 is 5.99. The fourth-order valence-corrected chi connectivity index (χ4v) is 2.28. The molecule has 0 spiro atoms. The van der Waals surface area contributed by atoms with Gasteiger partial charge in [-0.15, -0.1) is 0 Å². The molecule has 1 atom stereocenters. The SMILES string of the molecule is N#CC(c1ccc(F)cc1Cl)N1CCNCC1. The summed E-state index contributed by atoms with van der Waals surface area (Å²) in [5.74, 6) is -0.379. The number of hydrogen-bond acceptors (Lipinski definition) is 3. The van der Waals surface area contributed by atoms with Crippen molar-refractivity contribution in [1.29, 1.82) is 5.26 Å². The summed E-state index contributed by atoms with van der Waals surface area (Å²) in [5, 5.41) is 12.8. The molecule has 0 amide bonds. The van der Waals surface area contributed by atoms with Gasteiger partial charge in [0.25, 0.3) is 0 Å². The van der Waals surface area contributed by atoms with Crippen LogP contribution >= 0.6 is 11.6 Å². The summed E-state index contributed by atoms with van der Waals surface area (Å²) in [6.45, 7) is 3.31. The third-order valence-electron chi connectivity index (χ3n) is 2.90. The van der Waals surface area contributed by atoms with Crippen LogP contribution in [0.5, 0.6) is 0 Å². The standard InChI is InChI=1S/C12H13ClFN3/c13-11-7-9(14)1-2-10(11)12(8-15)17-5-3-16-4-6-17/h1-2,7,12,16H,3-6H2. The smallest absolute Gasteiger partial charge is 0.125 e. The molecule has 3 nitrogen and oxygen atoms in total. The van der Waals surface area contributed by atoms with Crippen molar-refractivity contribution in [2.45, 2.75) is 6.04 Å². The van der Waals surface area contributed by atoms with Gasteiger partial charge in [0.1, 0.15) is 11.9 Å². The normalized spacial score (nSPS) is 18.6. The third kappa shape index (κ3) is 2.75. The fraction of sp³-hybridized carbons (Fsp3) is 0.417. The van der Waals surface area contributed by atoms with E-state index in [0.717, 1.165) is 26.2 Å². The van der Waals surface area contributed by atoms with E-state index in [1.54, 1.807) is 6.07 Å². The van der Waals surface area contributed by atoms with Crippen LogP contribution in [0.4, 0.5) is 4.39 Å². The van der Waals surface area contributed by atoms with Crippen LogP contribution in [0.3, 0.4) is 0 Å². The van der Waals surface area contributed by atoms with Gasteiger partial charge < -0.3 is 5.32 Å². The van der Waals surface area contributed by atoms with Gasteiger partial charge in [0.2, 0.25) is 0 Å². The average molecular weight is 254 g/mol. The van der Waals surface area contributed by atoms with Gasteiger partial charge in [0, 0.05) is 36.8 Å². The molecule has 0 radical (unpaired) electrons. The van der Waals surface area contributed by atoms with Gasteiger partial charge in [-0.3, -0.25) is 4.90 Å². The van der Waals surface area contributed by atoms with E-state index in [0.29, 0.717) is 10.6 Å². The van der Waals surface area contributed by atoms with Crippen molar-refractivity contribution in [2.75, 3.05) is 26.2 Å². The first-order chi connectivity index (χ1) is 8.22. The Bertz CT molecular complexity index is 438. The summed E-state index contributed by atoms with van der Waals surface area (Å²) in [4.78, 5) is 2.05. The molecule has 1 aliphatic heterocycles. The maximum absolute atomic E-state index is 13.0. The van der Waals surface area contributed by atoms with Crippen LogP contribution in [0.15, 0.2) is 18.2 Å². The topological polar surface area (TPSA) is 39.1 Å². The molecule has 1 fully saturated rings. The molecular formula is C12H13ClFN3. The minimum absolute atomic E-state index is 0.315. The van der Waals surface area contributed by atoms with Crippen LogP contribution in [0, 0.1) is 17.1 Å². The lowest BCUT2D eigenvalue weighted by atomic mass is 10.1. The second kappa shape index (κ2) is 5.46. The van der Waals surface area contributed by atoms with Crippen LogP contribution in [-0.2, 0) is 0 Å². The number of hydrogen-bond donors (Lipinski definition) is 1. The van der Waals surface area contributed by atoms with E-state index in [9.17, 15) is 9.65 Å². The molecule has 1 aromatic rings. The number of halogens is 2. The monoisotopic (exact) mass is 253 g/mol. The van der Waals surface area contributed by atoms with Gasteiger partial charge in [-0.1, -0.05) is 17.7 Å². The largest absolute Gasteiger partial charge is 0.314 e. The molecule has 1 heterocycles. The molecule has 0 bridgehead atoms. The number of benzene rings is 1. The van der Waals surface area contributed by atoms with Crippen molar-refractivity contribution < 1.29 is 4.39 Å². The third-order valence-corrected chi connectivity index (χ3v) is 3.22. The predicted molar refractivity (Wildman–Crippen MR) is 64.2 cm³/mol. The van der Waals surface area contributed by atoms with Gasteiger partial charge in [-0.2, -0.15) is 5.26 Å². The van der Waals surface area contributed by atoms with Crippen LogP contribution in [-0.4, -0.2) is 31.1 Å². The van der Waals surface area contributed by atoms with Crippen LogP contribution in [0.25, 0.3) is 0 Å². The Balaban J connectivity index is 2.25. The lowest BCUT2D eigenvalue weighted by molar-refractivity contribution is 0.207. The molecule has 1 unspecified atom stereocenters. The number of nitrogens with zero attached hydrogens (tertiary/aromatic N) is 2. The Kier molecular flexibility index (Phi) is 3.95. The lowest BCUT2D eigenvalue weighted by Crippen LogP contribution is -2.44. The Morgan fingerprint density at radius 2 is 2.12 bits per heavy atom. The van der Waals surface area contributed by atoms with E-state index in [1.165, 1.54) is 12.1 Å². The Morgan fingerprint density at radius 1 is 1.41 bits per heavy atom. The zero-order valence-corrected chi connectivity index (χ0v) is 10.0. The minimum atomic E-state index is -0.398. The van der Waals surface area contributed by atoms with Crippen molar-refractivity contribution in [3.63, 3.8) is 0 Å². The summed E-state index contributed by atoms with van der Waals surface area (Å²) in [6, 6.07) is 6.03. The summed E-state index contributed by atoms with van der Waals surface area (Å²) < 4.78 is 13.0. The molecule has 5 heteroatoms. The van der Waals surface area contributed by atoms with E-state index >= 15 is 0 Å². The molecular weight excluding hydrogens is 241 g/mol. The van der Waals surface area contributed by atoms with E-state index in [-0.39, 0.29) is 5.82 Å². The van der Waals surface area contributed by atoms with Gasteiger partial charge in [-0.05, 0) is 12.1 Å². The van der Waals surface area contributed by atoms with Gasteiger partial charge in [0.05, 0.1) is 6.07 Å². The van der Waals surface area contributed by atoms with E-state index < -0.39 is 6.04 Å². The zero-order chi connectivity index (χ0) is 12.3. The number of piperazine rings is 1. The average Bonchev–Trinajstić information content (AvgIpc) is 2.34. The van der Waals surface area contributed by atoms with Gasteiger partial charge >= 0.3 is 0 Å². The first kappa shape index (κ1) is 12.3. The molecule has 0 saturated carbocycles. The molecule has 1 N–H and O–H groups in total. The lowest BCUT2D eigenvalue weighted by Gasteiger charge is -2.31. The van der Waals surface area contributed by atoms with Crippen molar-refractivity contribution >= 4 is 11.6 Å². The first-order valence-electron chi connectivity index (χ1n) is 5.51. The fourth-order valence-electron chi connectivity index (χ4n) is 2.01. The molecule has 90 valence electrons. The molecule has 2 rings (SSSR count). The second-order valence-electron chi connectivity index (χ2n) is 3.98. The number of nitrogens with one attached hydrogen (secondary N) is 1. The number of nitriles is 1. The van der Waals surface area contributed by atoms with Crippen molar-refractivity contribution in [3.8, 4) is 6.07 Å². The highest BCUT2D eigenvalue weighted by Gasteiger charge is 2.23. The Hall–Kier alpha value is -1.15. The molecule has 0 aromatic heterocycles. The van der Waals surface area contributed by atoms with Gasteiger partial charge in [0.15, 0.2) is 0 Å². The highest BCUT2D eigenvalue weighted by molar-refractivity contribution is 6.31. The molecule has 0 aliphatic carbocycles. The van der Waals surface area contributed by atoms with Crippen molar-refractivity contribution in [1.82, 2.24) is 10.2 Å². The van der Waals surface area contributed by atoms with Crippen molar-refractivity contribution in [3.05, 3.63) is 34.6 Å². The highest BCUT2D eigenvalue weighted by Crippen LogP contribution is 2.27. The quantitative estimate of drug-likeness (QED) is 0.876. The maximum Gasteiger partial charge on any atom is 0.125 e. The van der Waals surface area contributed by atoms with Crippen molar-refractivity contribution in [2.24, 2.45) is 0 Å². The van der Waals surface area contributed by atoms with E-state index in [1.807, 2.05) is 0 Å². The summed E-state index contributed by atoms with van der Waals surface area (Å²) in [6.07, 6.45) is 0. The maximum atomic E-state index is 13.0. The molecule has 1 saturated heterocycles. The van der Waals surface area contributed by atoms with Crippen LogP contribution in [0.1, 0.15) is 11.6 Å². The Labute approximate surface area is 105 Å². The number of rotatable bonds is 2. The van der Waals surface area contributed by atoms with Gasteiger partial charge in [-0.25, -0.2) is 4.39 Å². The van der Waals surface area contributed by atoms with Crippen LogP contribution < -0.4 is 5.32 Å². The zero-order valence-electron chi connectivity index (χ0n) is 9.29. The van der Waals surface area contributed by atoms with E-state index in [2.05, 4.69) is 16.3 Å². The second-order valence-corrected chi connectivity index (χ2v) is 4.39. The van der Waals surface area contributed by atoms with Crippen LogP contribution in [0.2, 0.25) is 5.02 Å². The minimum Gasteiger partial charge on any atom is -0.314 e.